The number of ether oxygens (including phenoxy) is 4. The number of para-hydroxylation sites is 1. The molecule has 0 radical (unpaired) electrons. The molecule has 0 aliphatic rings. The minimum Gasteiger partial charge on any atom is -0.457 e. The van der Waals surface area contributed by atoms with Crippen LogP contribution in [0.2, 0.25) is 0 Å². The fourth-order valence-corrected chi connectivity index (χ4v) is 3.02. The number of rotatable bonds is 9. The Labute approximate surface area is 182 Å². The van der Waals surface area contributed by atoms with Crippen LogP contribution in [0.3, 0.4) is 0 Å². The lowest BCUT2D eigenvalue weighted by molar-refractivity contribution is 0.202. The van der Waals surface area contributed by atoms with Crippen molar-refractivity contribution in [1.29, 1.82) is 0 Å². The highest BCUT2D eigenvalue weighted by Gasteiger charge is 2.04. The molecule has 4 rings (SSSR count). The highest BCUT2D eigenvalue weighted by Crippen LogP contribution is 2.30. The van der Waals surface area contributed by atoms with E-state index in [1.54, 1.807) is 7.11 Å². The molecule has 0 saturated heterocycles. The molecule has 0 saturated carbocycles. The molecule has 4 heteroatoms. The monoisotopic (exact) mass is 412 g/mol. The molecule has 0 bridgehead atoms. The lowest BCUT2D eigenvalue weighted by Crippen LogP contribution is -1.94. The van der Waals surface area contributed by atoms with Gasteiger partial charge < -0.3 is 18.9 Å². The molecular weight excluding hydrogens is 388 g/mol. The van der Waals surface area contributed by atoms with Crippen LogP contribution in [0, 0.1) is 0 Å². The molecule has 0 atom stereocenters. The van der Waals surface area contributed by atoms with Gasteiger partial charge in [-0.05, 0) is 72.6 Å². The summed E-state index contributed by atoms with van der Waals surface area (Å²) in [6, 6.07) is 32.8. The maximum absolute atomic E-state index is 5.98. The third kappa shape index (κ3) is 6.11. The van der Waals surface area contributed by atoms with Gasteiger partial charge in [0.25, 0.3) is 0 Å². The summed E-state index contributed by atoms with van der Waals surface area (Å²) in [5.74, 6) is 4.47. The van der Waals surface area contributed by atoms with Gasteiger partial charge in [0.05, 0.1) is 6.61 Å². The van der Waals surface area contributed by atoms with E-state index in [0.29, 0.717) is 18.1 Å². The van der Waals surface area contributed by atoms with Crippen molar-refractivity contribution in [2.24, 2.45) is 0 Å². The number of methoxy groups -OCH3 is 1. The first kappa shape index (κ1) is 20.5. The molecule has 156 valence electrons. The quantitative estimate of drug-likeness (QED) is 0.290. The Kier molecular flexibility index (Phi) is 6.83. The summed E-state index contributed by atoms with van der Waals surface area (Å²) in [4.78, 5) is 0. The molecule has 0 aromatic heterocycles. The van der Waals surface area contributed by atoms with Gasteiger partial charge in [-0.1, -0.05) is 36.4 Å². The number of benzene rings is 4. The van der Waals surface area contributed by atoms with Gasteiger partial charge in [0.2, 0.25) is 0 Å². The second-order valence-corrected chi connectivity index (χ2v) is 6.95. The standard InChI is InChI=1S/C27H24O4/c1-28-19-18-21-10-12-23(13-11-21)30-26-8-5-9-27(20-26)31-25-16-14-24(15-17-25)29-22-6-3-2-4-7-22/h2-17,20H,18-19H2,1H3. The number of hydrogen-bond acceptors (Lipinski definition) is 4. The van der Waals surface area contributed by atoms with Crippen molar-refractivity contribution in [1.82, 2.24) is 0 Å². The second-order valence-electron chi connectivity index (χ2n) is 6.95. The highest BCUT2D eigenvalue weighted by atomic mass is 16.5. The molecule has 4 aromatic carbocycles. The van der Waals surface area contributed by atoms with Crippen LogP contribution >= 0.6 is 0 Å². The molecule has 4 aromatic rings. The van der Waals surface area contributed by atoms with Gasteiger partial charge in [-0.3, -0.25) is 0 Å². The molecule has 0 unspecified atom stereocenters. The molecule has 0 aliphatic heterocycles. The first-order valence-electron chi connectivity index (χ1n) is 10.2. The summed E-state index contributed by atoms with van der Waals surface area (Å²) in [5, 5.41) is 0. The predicted octanol–water partition coefficient (Wildman–Crippen LogP) is 7.25. The average molecular weight is 412 g/mol. The molecule has 4 nitrogen and oxygen atoms in total. The van der Waals surface area contributed by atoms with Gasteiger partial charge in [0.1, 0.15) is 34.5 Å². The first-order chi connectivity index (χ1) is 15.3. The van der Waals surface area contributed by atoms with Gasteiger partial charge in [0.15, 0.2) is 0 Å². The summed E-state index contributed by atoms with van der Waals surface area (Å²) in [5.41, 5.74) is 1.21. The zero-order chi connectivity index (χ0) is 21.3. The van der Waals surface area contributed by atoms with E-state index in [1.165, 1.54) is 5.56 Å². The van der Waals surface area contributed by atoms with Gasteiger partial charge in [-0.2, -0.15) is 0 Å². The van der Waals surface area contributed by atoms with Crippen LogP contribution in [0.1, 0.15) is 5.56 Å². The van der Waals surface area contributed by atoms with E-state index < -0.39 is 0 Å². The van der Waals surface area contributed by atoms with E-state index in [2.05, 4.69) is 0 Å². The molecule has 0 fully saturated rings. The van der Waals surface area contributed by atoms with Crippen LogP contribution in [0.5, 0.6) is 34.5 Å². The van der Waals surface area contributed by atoms with Crippen molar-refractivity contribution in [3.8, 4) is 34.5 Å². The van der Waals surface area contributed by atoms with Crippen LogP contribution in [-0.2, 0) is 11.2 Å². The van der Waals surface area contributed by atoms with Crippen molar-refractivity contribution in [3.63, 3.8) is 0 Å². The van der Waals surface area contributed by atoms with Gasteiger partial charge in [-0.25, -0.2) is 0 Å². The van der Waals surface area contributed by atoms with Crippen LogP contribution in [0.4, 0.5) is 0 Å². The van der Waals surface area contributed by atoms with Gasteiger partial charge >= 0.3 is 0 Å². The number of hydrogen-bond donors (Lipinski definition) is 0. The Hall–Kier alpha value is -3.76. The van der Waals surface area contributed by atoms with Crippen molar-refractivity contribution < 1.29 is 18.9 Å². The molecule has 0 aliphatic carbocycles. The zero-order valence-corrected chi connectivity index (χ0v) is 17.4. The fraction of sp³-hybridized carbons (Fsp3) is 0.111. The van der Waals surface area contributed by atoms with Crippen molar-refractivity contribution in [2.75, 3.05) is 13.7 Å². The van der Waals surface area contributed by atoms with Crippen LogP contribution < -0.4 is 14.2 Å². The highest BCUT2D eigenvalue weighted by molar-refractivity contribution is 5.41. The van der Waals surface area contributed by atoms with Gasteiger partial charge in [0, 0.05) is 13.2 Å². The van der Waals surface area contributed by atoms with Crippen molar-refractivity contribution in [3.05, 3.63) is 109 Å². The normalized spacial score (nSPS) is 10.5. The van der Waals surface area contributed by atoms with E-state index in [0.717, 1.165) is 29.4 Å². The van der Waals surface area contributed by atoms with E-state index in [-0.39, 0.29) is 0 Å². The smallest absolute Gasteiger partial charge is 0.131 e. The second kappa shape index (κ2) is 10.3. The van der Waals surface area contributed by atoms with E-state index in [9.17, 15) is 0 Å². The Morgan fingerprint density at radius 3 is 1.48 bits per heavy atom. The minimum atomic E-state index is 0.700. The zero-order valence-electron chi connectivity index (χ0n) is 17.4. The summed E-state index contributed by atoms with van der Waals surface area (Å²) in [6.45, 7) is 0.707. The van der Waals surface area contributed by atoms with Gasteiger partial charge in [-0.15, -0.1) is 0 Å². The van der Waals surface area contributed by atoms with Crippen LogP contribution in [-0.4, -0.2) is 13.7 Å². The topological polar surface area (TPSA) is 36.9 Å². The fourth-order valence-electron chi connectivity index (χ4n) is 3.02. The predicted molar refractivity (Wildman–Crippen MR) is 122 cm³/mol. The van der Waals surface area contributed by atoms with E-state index >= 15 is 0 Å². The Morgan fingerprint density at radius 1 is 0.484 bits per heavy atom. The Bertz CT molecular complexity index is 1070. The summed E-state index contributed by atoms with van der Waals surface area (Å²) in [6.07, 6.45) is 0.884. The third-order valence-electron chi connectivity index (χ3n) is 4.60. The molecule has 0 N–H and O–H groups in total. The van der Waals surface area contributed by atoms with Crippen LogP contribution in [0.15, 0.2) is 103 Å². The minimum absolute atomic E-state index is 0.700. The Balaban J connectivity index is 1.37. The maximum atomic E-state index is 5.98. The third-order valence-corrected chi connectivity index (χ3v) is 4.60. The largest absolute Gasteiger partial charge is 0.457 e. The Morgan fingerprint density at radius 2 is 0.935 bits per heavy atom. The summed E-state index contributed by atoms with van der Waals surface area (Å²) < 4.78 is 22.9. The molecule has 0 amide bonds. The SMILES string of the molecule is COCCc1ccc(Oc2cccc(Oc3ccc(Oc4ccccc4)cc3)c2)cc1. The van der Waals surface area contributed by atoms with E-state index in [1.807, 2.05) is 103 Å². The van der Waals surface area contributed by atoms with Crippen LogP contribution in [0.25, 0.3) is 0 Å². The molecule has 31 heavy (non-hydrogen) atoms. The summed E-state index contributed by atoms with van der Waals surface area (Å²) >= 11 is 0. The maximum Gasteiger partial charge on any atom is 0.131 e. The van der Waals surface area contributed by atoms with E-state index in [4.69, 9.17) is 18.9 Å². The average Bonchev–Trinajstić information content (AvgIpc) is 2.81. The lowest BCUT2D eigenvalue weighted by Gasteiger charge is -2.10. The van der Waals surface area contributed by atoms with Crippen molar-refractivity contribution >= 4 is 0 Å². The first-order valence-corrected chi connectivity index (χ1v) is 10.2. The molecule has 0 heterocycles. The molecular formula is C27H24O4. The van der Waals surface area contributed by atoms with Crippen molar-refractivity contribution in [2.45, 2.75) is 6.42 Å². The lowest BCUT2D eigenvalue weighted by atomic mass is 10.1. The summed E-state index contributed by atoms with van der Waals surface area (Å²) in [7, 11) is 1.71. The molecule has 0 spiro atoms.